The van der Waals surface area contributed by atoms with Crippen LogP contribution in [0.1, 0.15) is 86.3 Å². The first-order chi connectivity index (χ1) is 22.4. The van der Waals surface area contributed by atoms with E-state index in [0.717, 1.165) is 0 Å². The molecule has 1 aromatic heterocycles. The number of fused-ring (bicyclic) bond motifs is 5. The maximum atomic E-state index is 16.1. The molecule has 5 rings (SSSR count). The Bertz CT molecular complexity index is 1550. The number of rotatable bonds is 4. The van der Waals surface area contributed by atoms with Crippen molar-refractivity contribution in [2.45, 2.75) is 110 Å². The van der Waals surface area contributed by atoms with E-state index in [4.69, 9.17) is 18.9 Å². The summed E-state index contributed by atoms with van der Waals surface area (Å²) in [6.45, 7) is 12.7. The number of nitrogens with one attached hydrogen (secondary N) is 1. The molecule has 13 heteroatoms. The van der Waals surface area contributed by atoms with E-state index in [0.29, 0.717) is 30.5 Å². The first-order valence-electron chi connectivity index (χ1n) is 16.8. The average molecular weight is 675 g/mol. The Kier molecular flexibility index (Phi) is 9.82. The van der Waals surface area contributed by atoms with Gasteiger partial charge in [0.25, 0.3) is 5.92 Å². The third-order valence-electron chi connectivity index (χ3n) is 9.68. The molecule has 2 amide bonds. The molecule has 0 spiro atoms. The number of aromatic nitrogens is 2. The first kappa shape index (κ1) is 35.5. The van der Waals surface area contributed by atoms with E-state index in [2.05, 4.69) is 15.3 Å². The lowest BCUT2D eigenvalue weighted by Crippen LogP contribution is -2.57. The average Bonchev–Trinajstić information content (AvgIpc) is 3.52. The molecule has 2 aliphatic heterocycles. The van der Waals surface area contributed by atoms with Gasteiger partial charge < -0.3 is 29.2 Å². The number of methoxy groups -OCH3 is 1. The van der Waals surface area contributed by atoms with Crippen LogP contribution in [0.2, 0.25) is 0 Å². The molecule has 2 bridgehead atoms. The van der Waals surface area contributed by atoms with E-state index in [1.165, 1.54) is 12.0 Å². The molecule has 1 saturated heterocycles. The first-order valence-corrected chi connectivity index (χ1v) is 16.8. The summed E-state index contributed by atoms with van der Waals surface area (Å²) in [6, 6.07) is 2.58. The van der Waals surface area contributed by atoms with Crippen LogP contribution in [0.25, 0.3) is 11.0 Å². The van der Waals surface area contributed by atoms with Gasteiger partial charge in [-0.1, -0.05) is 48.0 Å². The second kappa shape index (κ2) is 13.3. The van der Waals surface area contributed by atoms with E-state index >= 15 is 8.78 Å². The number of hydrogen-bond acceptors (Lipinski definition) is 9. The maximum absolute atomic E-state index is 16.1. The van der Waals surface area contributed by atoms with Crippen LogP contribution in [0, 0.1) is 23.2 Å². The second-order valence-corrected chi connectivity index (χ2v) is 15.2. The largest absolute Gasteiger partial charge is 0.497 e. The number of alkyl halides is 2. The van der Waals surface area contributed by atoms with Gasteiger partial charge in [0.05, 0.1) is 31.3 Å². The fourth-order valence-corrected chi connectivity index (χ4v) is 6.61. The van der Waals surface area contributed by atoms with Crippen LogP contribution < -0.4 is 14.8 Å². The SMILES string of the molecule is COc1ccc2nc3c(nc2c1)O[C@H]1CN(C(=O)[C@H](C(C)(C)C)NC(=O)O[C@]2(C)C[C@H]2CCCCC3(F)F)[C@H](C(=O)OCC(C)C)[C@@H]1C. The van der Waals surface area contributed by atoms with Gasteiger partial charge in [-0.25, -0.2) is 19.6 Å². The van der Waals surface area contributed by atoms with Gasteiger partial charge >= 0.3 is 12.1 Å². The number of halogens is 2. The van der Waals surface area contributed by atoms with Crippen LogP contribution in [0.5, 0.6) is 11.6 Å². The van der Waals surface area contributed by atoms with E-state index < -0.39 is 71.1 Å². The van der Waals surface area contributed by atoms with Crippen molar-refractivity contribution in [2.24, 2.45) is 23.2 Å². The fraction of sp³-hybridized carbons (Fsp3) is 0.686. The quantitative estimate of drug-likeness (QED) is 0.387. The van der Waals surface area contributed by atoms with Crippen molar-refractivity contribution in [3.05, 3.63) is 23.9 Å². The molecule has 3 heterocycles. The number of amides is 2. The lowest BCUT2D eigenvalue weighted by Gasteiger charge is -2.35. The lowest BCUT2D eigenvalue weighted by atomic mass is 9.85. The molecule has 2 fully saturated rings. The van der Waals surface area contributed by atoms with Gasteiger partial charge in [-0.05, 0) is 49.7 Å². The summed E-state index contributed by atoms with van der Waals surface area (Å²) in [5.74, 6) is -5.14. The molecule has 1 aliphatic carbocycles. The Balaban J connectivity index is 1.59. The lowest BCUT2D eigenvalue weighted by molar-refractivity contribution is -0.156. The van der Waals surface area contributed by atoms with Crippen LogP contribution in [-0.4, -0.2) is 76.9 Å². The number of carbonyl (C=O) groups excluding carboxylic acids is 3. The fourth-order valence-electron chi connectivity index (χ4n) is 6.61. The molecule has 11 nitrogen and oxygen atoms in total. The van der Waals surface area contributed by atoms with Crippen LogP contribution in [0.4, 0.5) is 13.6 Å². The molecule has 48 heavy (non-hydrogen) atoms. The molecule has 1 aromatic carbocycles. The highest BCUT2D eigenvalue weighted by atomic mass is 19.3. The van der Waals surface area contributed by atoms with Crippen molar-refractivity contribution in [1.29, 1.82) is 0 Å². The van der Waals surface area contributed by atoms with E-state index in [1.807, 2.05) is 20.8 Å². The minimum absolute atomic E-state index is 0.00850. The van der Waals surface area contributed by atoms with E-state index in [9.17, 15) is 14.4 Å². The summed E-state index contributed by atoms with van der Waals surface area (Å²) >= 11 is 0. The third kappa shape index (κ3) is 7.44. The van der Waals surface area contributed by atoms with Gasteiger partial charge in [-0.2, -0.15) is 8.78 Å². The van der Waals surface area contributed by atoms with Crippen molar-refractivity contribution in [2.75, 3.05) is 20.3 Å². The topological polar surface area (TPSA) is 129 Å². The number of benzene rings is 1. The Morgan fingerprint density at radius 3 is 2.56 bits per heavy atom. The molecule has 6 atom stereocenters. The number of nitrogens with zero attached hydrogens (tertiary/aromatic N) is 3. The summed E-state index contributed by atoms with van der Waals surface area (Å²) in [7, 11) is 1.49. The minimum Gasteiger partial charge on any atom is -0.497 e. The molecule has 1 saturated carbocycles. The minimum atomic E-state index is -3.39. The highest BCUT2D eigenvalue weighted by molar-refractivity contribution is 5.91. The summed E-state index contributed by atoms with van der Waals surface area (Å²) < 4.78 is 55.2. The molecule has 0 unspecified atom stereocenters. The van der Waals surface area contributed by atoms with Crippen molar-refractivity contribution >= 4 is 29.0 Å². The Labute approximate surface area is 280 Å². The van der Waals surface area contributed by atoms with Gasteiger partial charge in [0.2, 0.25) is 11.8 Å². The van der Waals surface area contributed by atoms with Crippen molar-refractivity contribution in [3.63, 3.8) is 0 Å². The molecule has 2 aromatic rings. The zero-order chi connectivity index (χ0) is 35.2. The van der Waals surface area contributed by atoms with Gasteiger partial charge in [-0.15, -0.1) is 0 Å². The molecular formula is C35H48F2N4O7. The zero-order valence-electron chi connectivity index (χ0n) is 29.1. The smallest absolute Gasteiger partial charge is 0.408 e. The van der Waals surface area contributed by atoms with E-state index in [1.54, 1.807) is 45.9 Å². The summed E-state index contributed by atoms with van der Waals surface area (Å²) in [5, 5.41) is 2.78. The predicted octanol–water partition coefficient (Wildman–Crippen LogP) is 6.02. The van der Waals surface area contributed by atoms with Crippen molar-refractivity contribution < 1.29 is 42.1 Å². The molecule has 1 N–H and O–H groups in total. The van der Waals surface area contributed by atoms with Crippen LogP contribution in [0.15, 0.2) is 18.2 Å². The summed E-state index contributed by atoms with van der Waals surface area (Å²) in [5.41, 5.74) is -1.60. The normalized spacial score (nSPS) is 29.5. The Hall–Kier alpha value is -3.77. The Morgan fingerprint density at radius 2 is 1.90 bits per heavy atom. The zero-order valence-corrected chi connectivity index (χ0v) is 29.1. The summed E-state index contributed by atoms with van der Waals surface area (Å²) in [6.07, 6.45) is -0.286. The highest BCUT2D eigenvalue weighted by Crippen LogP contribution is 2.50. The van der Waals surface area contributed by atoms with Crippen LogP contribution >= 0.6 is 0 Å². The predicted molar refractivity (Wildman–Crippen MR) is 173 cm³/mol. The standard InChI is InChI=1S/C35H48F2N4O7/c1-19(2)18-46-31(43)26-20(3)25-17-41(26)30(42)28(33(4,5)6)40-32(44)48-34(7)16-21(34)11-9-10-14-35(36,37)27-29(47-25)39-24-15-22(45-8)12-13-23(24)38-27/h12-13,15,19-21,25-26,28H,9-11,14,16-18H2,1-8H3,(H,40,44)/t20-,21-,25+,26+,28-,34-/m1/s1. The number of carbonyl (C=O) groups is 3. The summed E-state index contributed by atoms with van der Waals surface area (Å²) in [4.78, 5) is 51.4. The third-order valence-corrected chi connectivity index (χ3v) is 9.68. The van der Waals surface area contributed by atoms with E-state index in [-0.39, 0.29) is 42.8 Å². The number of alkyl carbamates (subject to hydrolysis) is 1. The number of esters is 1. The van der Waals surface area contributed by atoms with Crippen LogP contribution in [-0.2, 0) is 25.0 Å². The molecular weight excluding hydrogens is 626 g/mol. The second-order valence-electron chi connectivity index (χ2n) is 15.2. The monoisotopic (exact) mass is 674 g/mol. The van der Waals surface area contributed by atoms with Gasteiger partial charge in [0.15, 0.2) is 5.69 Å². The Morgan fingerprint density at radius 1 is 1.17 bits per heavy atom. The van der Waals surface area contributed by atoms with Crippen molar-refractivity contribution in [3.8, 4) is 11.6 Å². The maximum Gasteiger partial charge on any atom is 0.408 e. The van der Waals surface area contributed by atoms with Gasteiger partial charge in [-0.3, -0.25) is 4.79 Å². The van der Waals surface area contributed by atoms with Gasteiger partial charge in [0, 0.05) is 24.3 Å². The molecule has 3 aliphatic rings. The molecule has 0 radical (unpaired) electrons. The highest BCUT2D eigenvalue weighted by Gasteiger charge is 2.55. The van der Waals surface area contributed by atoms with Gasteiger partial charge in [0.1, 0.15) is 29.5 Å². The molecule has 264 valence electrons. The number of ether oxygens (including phenoxy) is 4. The number of hydrogen-bond donors (Lipinski definition) is 1. The van der Waals surface area contributed by atoms with Crippen LogP contribution in [0.3, 0.4) is 0 Å². The van der Waals surface area contributed by atoms with Crippen molar-refractivity contribution in [1.82, 2.24) is 20.2 Å².